The van der Waals surface area contributed by atoms with E-state index in [1.165, 1.54) is 30.6 Å². The second-order valence-electron chi connectivity index (χ2n) is 9.62. The van der Waals surface area contributed by atoms with E-state index in [4.69, 9.17) is 16.2 Å². The molecule has 7 nitrogen and oxygen atoms in total. The first-order valence-electron chi connectivity index (χ1n) is 10.9. The van der Waals surface area contributed by atoms with Crippen molar-refractivity contribution in [3.05, 3.63) is 35.4 Å². The van der Waals surface area contributed by atoms with Crippen molar-refractivity contribution < 1.29 is 14.3 Å². The second kappa shape index (κ2) is 9.11. The maximum atomic E-state index is 11.9. The number of ether oxygens (including phenoxy) is 1. The minimum atomic E-state index is -0.732. The molecule has 1 saturated heterocycles. The fraction of sp³-hybridized carbons (Fsp3) is 0.500. The van der Waals surface area contributed by atoms with Gasteiger partial charge in [0.1, 0.15) is 17.4 Å². The molecule has 2 aromatic rings. The Balaban J connectivity index is 1.71. The number of thiophene rings is 1. The minimum Gasteiger partial charge on any atom is -0.492 e. The van der Waals surface area contributed by atoms with Gasteiger partial charge < -0.3 is 16.2 Å². The van der Waals surface area contributed by atoms with E-state index in [9.17, 15) is 9.59 Å². The van der Waals surface area contributed by atoms with Gasteiger partial charge in [-0.25, -0.2) is 4.79 Å². The summed E-state index contributed by atoms with van der Waals surface area (Å²) in [5, 5.41) is 2.86. The van der Waals surface area contributed by atoms with Crippen LogP contribution in [0.4, 0.5) is 9.80 Å². The third-order valence-corrected chi connectivity index (χ3v) is 7.62. The van der Waals surface area contributed by atoms with Crippen molar-refractivity contribution >= 4 is 28.3 Å². The predicted octanol–water partition coefficient (Wildman–Crippen LogP) is 4.73. The molecule has 2 heterocycles. The maximum absolute atomic E-state index is 11.9. The van der Waals surface area contributed by atoms with E-state index in [1.54, 1.807) is 0 Å². The number of piperidine rings is 1. The van der Waals surface area contributed by atoms with Crippen LogP contribution in [-0.4, -0.2) is 41.1 Å². The topological polar surface area (TPSA) is 111 Å². The van der Waals surface area contributed by atoms with Crippen molar-refractivity contribution in [2.75, 3.05) is 18.5 Å². The first kappa shape index (κ1) is 24.1. The average Bonchev–Trinajstić information content (AvgIpc) is 2.99. The normalized spacial score (nSPS) is 17.7. The molecule has 32 heavy (non-hydrogen) atoms. The van der Waals surface area contributed by atoms with Gasteiger partial charge in [0, 0.05) is 22.5 Å². The minimum absolute atomic E-state index is 0.167. The van der Waals surface area contributed by atoms with Crippen LogP contribution in [0.2, 0.25) is 0 Å². The van der Waals surface area contributed by atoms with Gasteiger partial charge in [-0.1, -0.05) is 0 Å². The monoisotopic (exact) mass is 458 g/mol. The maximum Gasteiger partial charge on any atom is 0.317 e. The van der Waals surface area contributed by atoms with E-state index in [1.807, 2.05) is 31.2 Å². The van der Waals surface area contributed by atoms with Gasteiger partial charge in [-0.05, 0) is 89.3 Å². The van der Waals surface area contributed by atoms with Crippen LogP contribution in [0.5, 0.6) is 5.75 Å². The highest BCUT2D eigenvalue weighted by molar-refractivity contribution is 7.20. The van der Waals surface area contributed by atoms with Gasteiger partial charge in [-0.2, -0.15) is 0 Å². The van der Waals surface area contributed by atoms with Crippen molar-refractivity contribution in [2.24, 2.45) is 11.5 Å². The first-order chi connectivity index (χ1) is 14.9. The number of nitrogens with two attached hydrogens (primary N) is 2. The van der Waals surface area contributed by atoms with Crippen LogP contribution in [-0.2, 0) is 0 Å². The Labute approximate surface area is 194 Å². The number of hydrogen-bond donors (Lipinski definition) is 3. The number of carbonyl (C=O) groups is 2. The number of amides is 3. The zero-order chi connectivity index (χ0) is 23.7. The van der Waals surface area contributed by atoms with Crippen molar-refractivity contribution in [1.29, 1.82) is 0 Å². The van der Waals surface area contributed by atoms with E-state index in [0.29, 0.717) is 11.6 Å². The summed E-state index contributed by atoms with van der Waals surface area (Å²) in [5.41, 5.74) is 13.0. The number of nitrogens with one attached hydrogen (secondary N) is 1. The number of carbonyl (C=O) groups excluding carboxylic acids is 2. The molecule has 0 radical (unpaired) electrons. The average molecular weight is 459 g/mol. The number of rotatable bonds is 7. The van der Waals surface area contributed by atoms with Gasteiger partial charge >= 0.3 is 6.03 Å². The van der Waals surface area contributed by atoms with Crippen molar-refractivity contribution in [1.82, 2.24) is 4.90 Å². The van der Waals surface area contributed by atoms with Crippen molar-refractivity contribution in [2.45, 2.75) is 65.0 Å². The molecule has 0 saturated carbocycles. The molecule has 0 bridgehead atoms. The van der Waals surface area contributed by atoms with Gasteiger partial charge in [-0.3, -0.25) is 15.0 Å². The van der Waals surface area contributed by atoms with Crippen LogP contribution in [0.25, 0.3) is 10.4 Å². The van der Waals surface area contributed by atoms with Crippen LogP contribution >= 0.6 is 11.3 Å². The summed E-state index contributed by atoms with van der Waals surface area (Å²) in [6.07, 6.45) is 3.66. The highest BCUT2D eigenvalue weighted by Gasteiger charge is 2.40. The summed E-state index contributed by atoms with van der Waals surface area (Å²) >= 11 is 1.28. The predicted molar refractivity (Wildman–Crippen MR) is 130 cm³/mol. The van der Waals surface area contributed by atoms with Crippen LogP contribution in [0, 0.1) is 6.92 Å². The van der Waals surface area contributed by atoms with E-state index < -0.39 is 11.9 Å². The number of anilines is 1. The SMILES string of the molecule is Cc1c(-c2ccc(OCCN3C(C)(C)CCCC3(C)C)cc2)sc(NC(N)=O)c1C(N)=O. The molecule has 0 atom stereocenters. The third kappa shape index (κ3) is 5.07. The Morgan fingerprint density at radius 2 is 1.69 bits per heavy atom. The number of hydrogen-bond acceptors (Lipinski definition) is 5. The van der Waals surface area contributed by atoms with E-state index >= 15 is 0 Å². The summed E-state index contributed by atoms with van der Waals surface area (Å²) in [6, 6.07) is 7.01. The summed E-state index contributed by atoms with van der Waals surface area (Å²) in [4.78, 5) is 26.6. The Morgan fingerprint density at radius 1 is 1.09 bits per heavy atom. The number of urea groups is 1. The molecule has 1 aromatic carbocycles. The molecule has 1 aliphatic heterocycles. The number of nitrogens with zero attached hydrogens (tertiary/aromatic N) is 1. The van der Waals surface area contributed by atoms with Crippen LogP contribution < -0.4 is 21.5 Å². The first-order valence-corrected chi connectivity index (χ1v) is 11.7. The molecule has 0 spiro atoms. The lowest BCUT2D eigenvalue weighted by atomic mass is 9.80. The van der Waals surface area contributed by atoms with Gasteiger partial charge in [0.2, 0.25) is 0 Å². The zero-order valence-corrected chi connectivity index (χ0v) is 20.4. The molecule has 1 aliphatic rings. The Hall–Kier alpha value is -2.58. The van der Waals surface area contributed by atoms with Crippen LogP contribution in [0.1, 0.15) is 62.9 Å². The zero-order valence-electron chi connectivity index (χ0n) is 19.6. The molecule has 1 aromatic heterocycles. The molecular weight excluding hydrogens is 424 g/mol. The molecule has 3 rings (SSSR count). The van der Waals surface area contributed by atoms with E-state index in [-0.39, 0.29) is 16.6 Å². The summed E-state index contributed by atoms with van der Waals surface area (Å²) in [7, 11) is 0. The molecular formula is C24H34N4O3S. The summed E-state index contributed by atoms with van der Waals surface area (Å²) in [6.45, 7) is 12.5. The highest BCUT2D eigenvalue weighted by Crippen LogP contribution is 2.40. The van der Waals surface area contributed by atoms with E-state index in [0.717, 1.165) is 28.3 Å². The number of primary amides is 2. The fourth-order valence-corrected chi connectivity index (χ4v) is 6.11. The van der Waals surface area contributed by atoms with Crippen molar-refractivity contribution in [3.8, 4) is 16.2 Å². The Kier molecular flexibility index (Phi) is 6.86. The van der Waals surface area contributed by atoms with E-state index in [2.05, 4.69) is 37.9 Å². The van der Waals surface area contributed by atoms with Crippen LogP contribution in [0.15, 0.2) is 24.3 Å². The standard InChI is InChI=1S/C24H34N4O3S/c1-15-18(20(25)29)21(27-22(26)30)32-19(15)16-7-9-17(10-8-16)31-14-13-28-23(2,3)11-6-12-24(28,4)5/h7-10H,6,11-14H2,1-5H3,(H2,25,29)(H3,26,27,30). The molecule has 174 valence electrons. The second-order valence-corrected chi connectivity index (χ2v) is 10.6. The number of benzene rings is 1. The fourth-order valence-electron chi connectivity index (χ4n) is 4.89. The largest absolute Gasteiger partial charge is 0.492 e. The van der Waals surface area contributed by atoms with Crippen molar-refractivity contribution in [3.63, 3.8) is 0 Å². The summed E-state index contributed by atoms with van der Waals surface area (Å²) < 4.78 is 6.05. The third-order valence-electron chi connectivity index (χ3n) is 6.37. The lowest BCUT2D eigenvalue weighted by molar-refractivity contribution is -0.0340. The lowest BCUT2D eigenvalue weighted by Crippen LogP contribution is -2.59. The van der Waals surface area contributed by atoms with Gasteiger partial charge in [-0.15, -0.1) is 11.3 Å². The molecule has 0 aliphatic carbocycles. The molecule has 1 fully saturated rings. The molecule has 3 amide bonds. The van der Waals surface area contributed by atoms with Gasteiger partial charge in [0.05, 0.1) is 5.56 Å². The summed E-state index contributed by atoms with van der Waals surface area (Å²) in [5.74, 6) is 0.193. The molecule has 5 N–H and O–H groups in total. The Bertz CT molecular complexity index is 979. The quantitative estimate of drug-likeness (QED) is 0.557. The van der Waals surface area contributed by atoms with Gasteiger partial charge in [0.25, 0.3) is 5.91 Å². The van der Waals surface area contributed by atoms with Gasteiger partial charge in [0.15, 0.2) is 0 Å². The highest BCUT2D eigenvalue weighted by atomic mass is 32.1. The molecule has 0 unspecified atom stereocenters. The smallest absolute Gasteiger partial charge is 0.317 e. The van der Waals surface area contributed by atoms with Crippen LogP contribution in [0.3, 0.4) is 0 Å². The lowest BCUT2D eigenvalue weighted by Gasteiger charge is -2.53. The molecule has 8 heteroatoms. The number of likely N-dealkylation sites (tertiary alicyclic amines) is 1. The Morgan fingerprint density at radius 3 is 2.22 bits per heavy atom.